The molecular weight excluding hydrogens is 476 g/mol. The Kier molecular flexibility index (Phi) is 6.54. The largest absolute Gasteiger partial charge is 0.484 e. The number of thiazole rings is 1. The van der Waals surface area contributed by atoms with Crippen LogP contribution in [0.25, 0.3) is 11.3 Å². The summed E-state index contributed by atoms with van der Waals surface area (Å²) < 4.78 is 6.53. The van der Waals surface area contributed by atoms with Crippen molar-refractivity contribution in [1.29, 1.82) is 0 Å². The van der Waals surface area contributed by atoms with Gasteiger partial charge in [0.25, 0.3) is 5.91 Å². The first kappa shape index (κ1) is 21.0. The first-order valence-corrected chi connectivity index (χ1v) is 11.1. The second-order valence-electron chi connectivity index (χ2n) is 6.60. The van der Waals surface area contributed by atoms with E-state index in [-0.39, 0.29) is 18.3 Å². The fourth-order valence-corrected chi connectivity index (χ4v) is 3.85. The van der Waals surface area contributed by atoms with Crippen LogP contribution in [-0.4, -0.2) is 23.3 Å². The van der Waals surface area contributed by atoms with Crippen LogP contribution in [0.1, 0.15) is 15.9 Å². The Morgan fingerprint density at radius 1 is 0.903 bits per heavy atom. The monoisotopic (exact) mass is 492 g/mol. The van der Waals surface area contributed by atoms with Crippen LogP contribution in [-0.2, 0) is 4.79 Å². The number of carbonyl (C=O) groups excluding carboxylic acids is 2. The van der Waals surface area contributed by atoms with E-state index in [4.69, 9.17) is 4.74 Å². The minimum absolute atomic E-state index is 0.0600. The molecular formula is C24H17BrN2O3S. The van der Waals surface area contributed by atoms with Crippen molar-refractivity contribution in [3.8, 4) is 17.0 Å². The molecule has 0 aliphatic carbocycles. The molecule has 0 unspecified atom stereocenters. The maximum atomic E-state index is 12.4. The summed E-state index contributed by atoms with van der Waals surface area (Å²) in [6.07, 6.45) is 0. The van der Waals surface area contributed by atoms with Gasteiger partial charge in [0, 0.05) is 26.5 Å². The maximum Gasteiger partial charge on any atom is 0.264 e. The first-order valence-electron chi connectivity index (χ1n) is 9.42. The maximum absolute atomic E-state index is 12.4. The molecule has 0 atom stereocenters. The van der Waals surface area contributed by atoms with Crippen molar-refractivity contribution in [3.05, 3.63) is 99.8 Å². The quantitative estimate of drug-likeness (QED) is 0.330. The van der Waals surface area contributed by atoms with Crippen LogP contribution in [0.15, 0.2) is 88.7 Å². The van der Waals surface area contributed by atoms with Gasteiger partial charge in [-0.2, -0.15) is 0 Å². The predicted octanol–water partition coefficient (Wildman–Crippen LogP) is 5.82. The molecule has 154 valence electrons. The van der Waals surface area contributed by atoms with Gasteiger partial charge in [0.05, 0.1) is 5.69 Å². The lowest BCUT2D eigenvalue weighted by Crippen LogP contribution is -2.20. The Morgan fingerprint density at radius 2 is 1.58 bits per heavy atom. The van der Waals surface area contributed by atoms with Crippen LogP contribution in [0.3, 0.4) is 0 Å². The first-order chi connectivity index (χ1) is 15.1. The fourth-order valence-electron chi connectivity index (χ4n) is 2.85. The van der Waals surface area contributed by atoms with E-state index in [2.05, 4.69) is 26.2 Å². The molecule has 3 aromatic carbocycles. The van der Waals surface area contributed by atoms with Crippen molar-refractivity contribution in [3.63, 3.8) is 0 Å². The molecule has 1 amide bonds. The Balaban J connectivity index is 1.31. The zero-order valence-corrected chi connectivity index (χ0v) is 18.7. The molecule has 7 heteroatoms. The average molecular weight is 493 g/mol. The molecule has 0 spiro atoms. The van der Waals surface area contributed by atoms with Gasteiger partial charge in [0.15, 0.2) is 17.5 Å². The number of aromatic nitrogens is 1. The van der Waals surface area contributed by atoms with Crippen LogP contribution in [0.2, 0.25) is 0 Å². The number of amides is 1. The normalized spacial score (nSPS) is 10.5. The SMILES string of the molecule is O=C(COc1ccc(C(=O)c2ccccc2)cc1)Nc1nc(-c2ccc(Br)cc2)cs1. The van der Waals surface area contributed by atoms with Gasteiger partial charge in [0.2, 0.25) is 0 Å². The number of hydrogen-bond donors (Lipinski definition) is 1. The summed E-state index contributed by atoms with van der Waals surface area (Å²) >= 11 is 4.76. The molecule has 31 heavy (non-hydrogen) atoms. The van der Waals surface area contributed by atoms with Gasteiger partial charge >= 0.3 is 0 Å². The van der Waals surface area contributed by atoms with Crippen molar-refractivity contribution in [1.82, 2.24) is 4.98 Å². The highest BCUT2D eigenvalue weighted by Crippen LogP contribution is 2.26. The Labute approximate surface area is 191 Å². The lowest BCUT2D eigenvalue weighted by Gasteiger charge is -2.07. The van der Waals surface area contributed by atoms with Crippen molar-refractivity contribution in [2.24, 2.45) is 0 Å². The van der Waals surface area contributed by atoms with E-state index in [1.54, 1.807) is 36.4 Å². The van der Waals surface area contributed by atoms with Crippen LogP contribution in [0.5, 0.6) is 5.75 Å². The molecule has 0 aliphatic rings. The number of nitrogens with zero attached hydrogens (tertiary/aromatic N) is 1. The topological polar surface area (TPSA) is 68.3 Å². The molecule has 5 nitrogen and oxygen atoms in total. The van der Waals surface area contributed by atoms with Gasteiger partial charge in [-0.25, -0.2) is 4.98 Å². The van der Waals surface area contributed by atoms with E-state index in [9.17, 15) is 9.59 Å². The number of anilines is 1. The van der Waals surface area contributed by atoms with Gasteiger partial charge in [-0.05, 0) is 36.4 Å². The third-order valence-corrected chi connectivity index (χ3v) is 5.70. The number of halogens is 1. The smallest absolute Gasteiger partial charge is 0.264 e. The molecule has 0 saturated carbocycles. The Hall–Kier alpha value is -3.29. The summed E-state index contributed by atoms with van der Waals surface area (Å²) in [5.74, 6) is 0.144. The predicted molar refractivity (Wildman–Crippen MR) is 126 cm³/mol. The van der Waals surface area contributed by atoms with E-state index >= 15 is 0 Å². The minimum atomic E-state index is -0.304. The van der Waals surface area contributed by atoms with Gasteiger partial charge in [-0.1, -0.05) is 58.4 Å². The molecule has 4 aromatic rings. The van der Waals surface area contributed by atoms with Crippen molar-refractivity contribution < 1.29 is 14.3 Å². The summed E-state index contributed by atoms with van der Waals surface area (Å²) in [6, 6.07) is 23.6. The highest BCUT2D eigenvalue weighted by atomic mass is 79.9. The molecule has 1 heterocycles. The molecule has 1 aromatic heterocycles. The van der Waals surface area contributed by atoms with E-state index < -0.39 is 0 Å². The van der Waals surface area contributed by atoms with E-state index in [0.717, 1.165) is 15.7 Å². The van der Waals surface area contributed by atoms with E-state index in [0.29, 0.717) is 22.0 Å². The fraction of sp³-hybridized carbons (Fsp3) is 0.0417. The molecule has 0 aliphatic heterocycles. The number of hydrogen-bond acceptors (Lipinski definition) is 5. The number of rotatable bonds is 7. The summed E-state index contributed by atoms with van der Waals surface area (Å²) in [7, 11) is 0. The average Bonchev–Trinajstić information content (AvgIpc) is 3.27. The lowest BCUT2D eigenvalue weighted by molar-refractivity contribution is -0.118. The van der Waals surface area contributed by atoms with Gasteiger partial charge in [-0.15, -0.1) is 11.3 Å². The molecule has 4 rings (SSSR count). The summed E-state index contributed by atoms with van der Waals surface area (Å²) in [5, 5.41) is 5.15. The van der Waals surface area contributed by atoms with E-state index in [1.165, 1.54) is 11.3 Å². The summed E-state index contributed by atoms with van der Waals surface area (Å²) in [4.78, 5) is 29.1. The zero-order valence-electron chi connectivity index (χ0n) is 16.2. The standard InChI is InChI=1S/C24H17BrN2O3S/c25-19-10-6-16(7-11-19)21-15-31-24(26-21)27-22(28)14-30-20-12-8-18(9-13-20)23(29)17-4-2-1-3-5-17/h1-13,15H,14H2,(H,26,27,28). The second kappa shape index (κ2) is 9.68. The Morgan fingerprint density at radius 3 is 2.29 bits per heavy atom. The van der Waals surface area contributed by atoms with Gasteiger partial charge in [0.1, 0.15) is 5.75 Å². The van der Waals surface area contributed by atoms with Gasteiger partial charge < -0.3 is 4.74 Å². The second-order valence-corrected chi connectivity index (χ2v) is 8.37. The number of benzene rings is 3. The van der Waals surface area contributed by atoms with Crippen molar-refractivity contribution in [2.45, 2.75) is 0 Å². The number of ether oxygens (including phenoxy) is 1. The lowest BCUT2D eigenvalue weighted by atomic mass is 10.0. The summed E-state index contributed by atoms with van der Waals surface area (Å²) in [5.41, 5.74) is 2.96. The molecule has 0 radical (unpaired) electrons. The van der Waals surface area contributed by atoms with Crippen molar-refractivity contribution >= 4 is 44.1 Å². The van der Waals surface area contributed by atoms with Gasteiger partial charge in [-0.3, -0.25) is 14.9 Å². The highest BCUT2D eigenvalue weighted by molar-refractivity contribution is 9.10. The third-order valence-electron chi connectivity index (χ3n) is 4.41. The number of nitrogens with one attached hydrogen (secondary N) is 1. The zero-order chi connectivity index (χ0) is 21.6. The number of carbonyl (C=O) groups is 2. The van der Waals surface area contributed by atoms with Crippen molar-refractivity contribution in [2.75, 3.05) is 11.9 Å². The third kappa shape index (κ3) is 5.45. The molecule has 1 N–H and O–H groups in total. The minimum Gasteiger partial charge on any atom is -0.484 e. The van der Waals surface area contributed by atoms with Crippen LogP contribution >= 0.6 is 27.3 Å². The van der Waals surface area contributed by atoms with Crippen LogP contribution in [0.4, 0.5) is 5.13 Å². The summed E-state index contributed by atoms with van der Waals surface area (Å²) in [6.45, 7) is -0.154. The number of ketones is 1. The van der Waals surface area contributed by atoms with Crippen LogP contribution < -0.4 is 10.1 Å². The Bertz CT molecular complexity index is 1190. The molecule has 0 bridgehead atoms. The highest BCUT2D eigenvalue weighted by Gasteiger charge is 2.11. The van der Waals surface area contributed by atoms with Crippen LogP contribution in [0, 0.1) is 0 Å². The molecule has 0 fully saturated rings. The molecule has 0 saturated heterocycles. The van der Waals surface area contributed by atoms with E-state index in [1.807, 2.05) is 47.8 Å².